The van der Waals surface area contributed by atoms with Crippen LogP contribution >= 0.6 is 0 Å². The molecule has 140 valence electrons. The van der Waals surface area contributed by atoms with E-state index in [9.17, 15) is 9.18 Å². The first-order valence-electron chi connectivity index (χ1n) is 9.85. The molecule has 1 aliphatic carbocycles. The summed E-state index contributed by atoms with van der Waals surface area (Å²) in [5.41, 5.74) is 0.820. The molecule has 1 aliphatic rings. The molecule has 0 heterocycles. The standard InChI is InChI=1S/C21H32FNO2/c1-3-5-6-9-19(4-2)23(20-10-7-8-11-20)21(24)25-16-17-12-14-18(22)15-13-17/h12-15,19-20H,3-11,16H2,1-2H3. The van der Waals surface area contributed by atoms with Crippen molar-refractivity contribution in [2.75, 3.05) is 0 Å². The number of unbranched alkanes of at least 4 members (excludes halogenated alkanes) is 2. The van der Waals surface area contributed by atoms with E-state index in [0.29, 0.717) is 6.04 Å². The molecule has 0 aromatic heterocycles. The Kier molecular flexibility index (Phi) is 8.23. The van der Waals surface area contributed by atoms with Gasteiger partial charge in [-0.2, -0.15) is 0 Å². The molecule has 25 heavy (non-hydrogen) atoms. The summed E-state index contributed by atoms with van der Waals surface area (Å²) in [6.07, 6.45) is 9.90. The molecule has 0 bridgehead atoms. The Bertz CT molecular complexity index is 511. The quantitative estimate of drug-likeness (QED) is 0.507. The van der Waals surface area contributed by atoms with Gasteiger partial charge < -0.3 is 9.64 Å². The lowest BCUT2D eigenvalue weighted by atomic mass is 10.0. The maximum absolute atomic E-state index is 13.0. The fraction of sp³-hybridized carbons (Fsp3) is 0.667. The van der Waals surface area contributed by atoms with Gasteiger partial charge in [-0.1, -0.05) is 58.1 Å². The molecule has 0 radical (unpaired) electrons. The number of halogens is 1. The van der Waals surface area contributed by atoms with Gasteiger partial charge in [-0.05, 0) is 43.4 Å². The highest BCUT2D eigenvalue weighted by atomic mass is 19.1. The Labute approximate surface area is 151 Å². The van der Waals surface area contributed by atoms with Crippen molar-refractivity contribution in [1.82, 2.24) is 4.90 Å². The minimum absolute atomic E-state index is 0.202. The molecule has 2 rings (SSSR count). The van der Waals surface area contributed by atoms with Gasteiger partial charge in [-0.15, -0.1) is 0 Å². The lowest BCUT2D eigenvalue weighted by Gasteiger charge is -2.35. The number of ether oxygens (including phenoxy) is 1. The van der Waals surface area contributed by atoms with E-state index < -0.39 is 0 Å². The summed E-state index contributed by atoms with van der Waals surface area (Å²) in [5, 5.41) is 0. The van der Waals surface area contributed by atoms with E-state index in [1.165, 1.54) is 37.8 Å². The second kappa shape index (κ2) is 10.4. The van der Waals surface area contributed by atoms with Crippen LogP contribution in [0.15, 0.2) is 24.3 Å². The average Bonchev–Trinajstić information content (AvgIpc) is 3.14. The van der Waals surface area contributed by atoms with Crippen molar-refractivity contribution in [1.29, 1.82) is 0 Å². The number of nitrogens with zero attached hydrogens (tertiary/aromatic N) is 1. The van der Waals surface area contributed by atoms with Gasteiger partial charge >= 0.3 is 6.09 Å². The normalized spacial score (nSPS) is 16.0. The van der Waals surface area contributed by atoms with E-state index in [4.69, 9.17) is 4.74 Å². The first-order chi connectivity index (χ1) is 12.2. The fourth-order valence-electron chi connectivity index (χ4n) is 3.75. The maximum Gasteiger partial charge on any atom is 0.410 e. The van der Waals surface area contributed by atoms with Crippen LogP contribution in [0.4, 0.5) is 9.18 Å². The van der Waals surface area contributed by atoms with Gasteiger partial charge in [-0.25, -0.2) is 9.18 Å². The third-order valence-corrected chi connectivity index (χ3v) is 5.21. The van der Waals surface area contributed by atoms with Crippen molar-refractivity contribution >= 4 is 6.09 Å². The van der Waals surface area contributed by atoms with E-state index in [1.54, 1.807) is 12.1 Å². The molecule has 1 saturated carbocycles. The zero-order valence-electron chi connectivity index (χ0n) is 15.7. The van der Waals surface area contributed by atoms with E-state index in [0.717, 1.165) is 37.7 Å². The van der Waals surface area contributed by atoms with E-state index in [1.807, 2.05) is 4.90 Å². The van der Waals surface area contributed by atoms with Crippen LogP contribution in [-0.2, 0) is 11.3 Å². The lowest BCUT2D eigenvalue weighted by molar-refractivity contribution is 0.0576. The summed E-state index contributed by atoms with van der Waals surface area (Å²) in [5.74, 6) is -0.273. The highest BCUT2D eigenvalue weighted by Gasteiger charge is 2.32. The van der Waals surface area contributed by atoms with Crippen LogP contribution in [0.2, 0.25) is 0 Å². The topological polar surface area (TPSA) is 29.5 Å². The van der Waals surface area contributed by atoms with Crippen LogP contribution in [0.3, 0.4) is 0 Å². The molecule has 1 aromatic rings. The zero-order valence-corrected chi connectivity index (χ0v) is 15.7. The Morgan fingerprint density at radius 1 is 1.20 bits per heavy atom. The molecule has 0 saturated heterocycles. The lowest BCUT2D eigenvalue weighted by Crippen LogP contribution is -2.46. The molecule has 0 aliphatic heterocycles. The maximum atomic E-state index is 13.0. The first-order valence-corrected chi connectivity index (χ1v) is 9.85. The molecule has 3 nitrogen and oxygen atoms in total. The first kappa shape index (κ1) is 19.7. The molecule has 1 amide bonds. The van der Waals surface area contributed by atoms with Crippen molar-refractivity contribution in [2.24, 2.45) is 0 Å². The van der Waals surface area contributed by atoms with Crippen LogP contribution in [-0.4, -0.2) is 23.1 Å². The van der Waals surface area contributed by atoms with Gasteiger partial charge in [0.1, 0.15) is 12.4 Å². The Morgan fingerprint density at radius 3 is 2.48 bits per heavy atom. The van der Waals surface area contributed by atoms with Crippen LogP contribution in [0.5, 0.6) is 0 Å². The molecule has 0 spiro atoms. The Hall–Kier alpha value is -1.58. The van der Waals surface area contributed by atoms with Gasteiger partial charge in [0.05, 0.1) is 0 Å². The summed E-state index contributed by atoms with van der Waals surface area (Å²) in [7, 11) is 0. The highest BCUT2D eigenvalue weighted by molar-refractivity contribution is 5.68. The Morgan fingerprint density at radius 2 is 1.88 bits per heavy atom. The number of benzene rings is 1. The number of rotatable bonds is 9. The van der Waals surface area contributed by atoms with E-state index >= 15 is 0 Å². The largest absolute Gasteiger partial charge is 0.445 e. The smallest absolute Gasteiger partial charge is 0.410 e. The monoisotopic (exact) mass is 349 g/mol. The van der Waals surface area contributed by atoms with Crippen molar-refractivity contribution < 1.29 is 13.9 Å². The predicted octanol–water partition coefficient (Wildman–Crippen LogP) is 6.07. The number of hydrogen-bond acceptors (Lipinski definition) is 2. The molecule has 1 fully saturated rings. The van der Waals surface area contributed by atoms with Crippen LogP contribution in [0.1, 0.15) is 77.2 Å². The molecular formula is C21H32FNO2. The zero-order chi connectivity index (χ0) is 18.1. The van der Waals surface area contributed by atoms with Gasteiger partial charge in [0, 0.05) is 12.1 Å². The molecule has 1 aromatic carbocycles. The molecule has 0 N–H and O–H groups in total. The summed E-state index contributed by atoms with van der Waals surface area (Å²) < 4.78 is 18.6. The third kappa shape index (κ3) is 6.02. The molecule has 4 heteroatoms. The third-order valence-electron chi connectivity index (χ3n) is 5.21. The number of amides is 1. The minimum Gasteiger partial charge on any atom is -0.445 e. The van der Waals surface area contributed by atoms with E-state index in [-0.39, 0.29) is 24.6 Å². The number of carbonyl (C=O) groups excluding carboxylic acids is 1. The van der Waals surface area contributed by atoms with Gasteiger partial charge in [0.15, 0.2) is 0 Å². The summed E-state index contributed by atoms with van der Waals surface area (Å²) >= 11 is 0. The number of hydrogen-bond donors (Lipinski definition) is 0. The minimum atomic E-state index is -0.273. The van der Waals surface area contributed by atoms with Crippen molar-refractivity contribution in [3.8, 4) is 0 Å². The average molecular weight is 349 g/mol. The predicted molar refractivity (Wildman–Crippen MR) is 98.9 cm³/mol. The summed E-state index contributed by atoms with van der Waals surface area (Å²) in [6, 6.07) is 6.71. The number of carbonyl (C=O) groups is 1. The summed E-state index contributed by atoms with van der Waals surface area (Å²) in [4.78, 5) is 14.9. The van der Waals surface area contributed by atoms with Crippen molar-refractivity contribution in [3.05, 3.63) is 35.6 Å². The Balaban J connectivity index is 1.99. The van der Waals surface area contributed by atoms with Crippen LogP contribution in [0, 0.1) is 5.82 Å². The second-order valence-electron chi connectivity index (χ2n) is 7.08. The van der Waals surface area contributed by atoms with Gasteiger partial charge in [-0.3, -0.25) is 0 Å². The second-order valence-corrected chi connectivity index (χ2v) is 7.08. The fourth-order valence-corrected chi connectivity index (χ4v) is 3.75. The molecular weight excluding hydrogens is 317 g/mol. The van der Waals surface area contributed by atoms with Crippen molar-refractivity contribution in [2.45, 2.75) is 90.3 Å². The summed E-state index contributed by atoms with van der Waals surface area (Å²) in [6.45, 7) is 4.56. The van der Waals surface area contributed by atoms with E-state index in [2.05, 4.69) is 13.8 Å². The van der Waals surface area contributed by atoms with Gasteiger partial charge in [0.2, 0.25) is 0 Å². The highest BCUT2D eigenvalue weighted by Crippen LogP contribution is 2.28. The molecule has 1 atom stereocenters. The molecule has 1 unspecified atom stereocenters. The van der Waals surface area contributed by atoms with Crippen LogP contribution < -0.4 is 0 Å². The van der Waals surface area contributed by atoms with Crippen molar-refractivity contribution in [3.63, 3.8) is 0 Å². The van der Waals surface area contributed by atoms with Crippen LogP contribution in [0.25, 0.3) is 0 Å². The van der Waals surface area contributed by atoms with Gasteiger partial charge in [0.25, 0.3) is 0 Å². The SMILES string of the molecule is CCCCCC(CC)N(C(=O)OCc1ccc(F)cc1)C1CCCC1.